The van der Waals surface area contributed by atoms with Gasteiger partial charge < -0.3 is 0 Å². The Morgan fingerprint density at radius 2 is 2.38 bits per heavy atom. The van der Waals surface area contributed by atoms with Gasteiger partial charge in [-0.1, -0.05) is 23.7 Å². The number of hydrogen-bond donors (Lipinski definition) is 0. The van der Waals surface area contributed by atoms with E-state index in [4.69, 9.17) is 11.6 Å². The van der Waals surface area contributed by atoms with Crippen LogP contribution in [0, 0.1) is 16.2 Å². The Kier molecular flexibility index (Phi) is 2.97. The zero-order valence-electron chi connectivity index (χ0n) is 6.49. The smallest absolute Gasteiger partial charge is 0.265 e. The minimum atomic E-state index is -0.739. The van der Waals surface area contributed by atoms with Crippen molar-refractivity contribution in [2.75, 3.05) is 6.54 Å². The van der Waals surface area contributed by atoms with Crippen LogP contribution in [0.25, 0.3) is 0 Å². The average molecular weight is 199 g/mol. The molecule has 0 fully saturated rings. The molecule has 1 aromatic carbocycles. The molecule has 5 heteroatoms. The molecule has 1 radical (unpaired) electrons. The lowest BCUT2D eigenvalue weighted by atomic mass is 10.1. The van der Waals surface area contributed by atoms with Crippen LogP contribution in [-0.4, -0.2) is 17.3 Å². The maximum atomic E-state index is 11.1. The van der Waals surface area contributed by atoms with Crippen molar-refractivity contribution < 1.29 is 9.72 Å². The number of ketones is 1. The van der Waals surface area contributed by atoms with Crippen LogP contribution < -0.4 is 0 Å². The number of carbonyl (C=O) groups excluding carboxylic acids is 1. The van der Waals surface area contributed by atoms with Crippen molar-refractivity contribution in [3.05, 3.63) is 45.0 Å². The van der Waals surface area contributed by atoms with E-state index < -0.39 is 17.3 Å². The number of hydrogen-bond acceptors (Lipinski definition) is 3. The van der Waals surface area contributed by atoms with Gasteiger partial charge in [0, 0.05) is 16.6 Å². The third kappa shape index (κ3) is 2.52. The van der Waals surface area contributed by atoms with Crippen molar-refractivity contribution in [2.45, 2.75) is 0 Å². The molecule has 67 valence electrons. The topological polar surface area (TPSA) is 60.2 Å². The second-order valence-electron chi connectivity index (χ2n) is 2.31. The summed E-state index contributed by atoms with van der Waals surface area (Å²) < 4.78 is 0. The fraction of sp³-hybridized carbons (Fsp3) is 0.125. The van der Waals surface area contributed by atoms with Gasteiger partial charge in [0.05, 0.1) is 5.02 Å². The molecule has 0 aliphatic heterocycles. The number of rotatable bonds is 3. The molecule has 0 heterocycles. The molecular formula is C8H5ClNO3. The minimum absolute atomic E-state index is 0.120. The van der Waals surface area contributed by atoms with Crippen LogP contribution in [0.1, 0.15) is 10.4 Å². The van der Waals surface area contributed by atoms with Gasteiger partial charge >= 0.3 is 0 Å². The standard InChI is InChI=1S/C8H5ClNO3/c9-7-4-2-1-3-6(7)8(11)5-10(12)13/h1-3H,5H2. The lowest BCUT2D eigenvalue weighted by Crippen LogP contribution is -2.13. The first-order valence-corrected chi connectivity index (χ1v) is 3.80. The molecule has 4 nitrogen and oxygen atoms in total. The van der Waals surface area contributed by atoms with Crippen molar-refractivity contribution in [3.63, 3.8) is 0 Å². The highest BCUT2D eigenvalue weighted by Gasteiger charge is 2.14. The maximum absolute atomic E-state index is 11.1. The highest BCUT2D eigenvalue weighted by atomic mass is 35.5. The van der Waals surface area contributed by atoms with Crippen molar-refractivity contribution in [1.29, 1.82) is 0 Å². The van der Waals surface area contributed by atoms with E-state index in [1.165, 1.54) is 12.1 Å². The fourth-order valence-corrected chi connectivity index (χ4v) is 1.07. The van der Waals surface area contributed by atoms with E-state index in [1.54, 1.807) is 6.07 Å². The molecule has 0 saturated carbocycles. The summed E-state index contributed by atoms with van der Waals surface area (Å²) in [5.41, 5.74) is 0.140. The Morgan fingerprint density at radius 1 is 1.69 bits per heavy atom. The lowest BCUT2D eigenvalue weighted by Gasteiger charge is -1.97. The molecule has 0 aliphatic rings. The summed E-state index contributed by atoms with van der Waals surface area (Å²) in [5, 5.41) is 10.1. The minimum Gasteiger partial charge on any atom is -0.287 e. The third-order valence-corrected chi connectivity index (χ3v) is 1.69. The fourth-order valence-electron chi connectivity index (χ4n) is 0.834. The zero-order valence-corrected chi connectivity index (χ0v) is 7.25. The normalized spacial score (nSPS) is 9.62. The van der Waals surface area contributed by atoms with Crippen LogP contribution >= 0.6 is 11.6 Å². The molecule has 0 bridgehead atoms. The van der Waals surface area contributed by atoms with Crippen molar-refractivity contribution >= 4 is 17.4 Å². The van der Waals surface area contributed by atoms with Crippen LogP contribution in [0.5, 0.6) is 0 Å². The Labute approximate surface area is 79.3 Å². The van der Waals surface area contributed by atoms with Crippen LogP contribution in [0.3, 0.4) is 0 Å². The van der Waals surface area contributed by atoms with Crippen molar-refractivity contribution in [2.24, 2.45) is 0 Å². The Morgan fingerprint density at radius 3 is 2.92 bits per heavy atom. The number of carbonyl (C=O) groups is 1. The van der Waals surface area contributed by atoms with Gasteiger partial charge in [-0.25, -0.2) is 0 Å². The predicted octanol–water partition coefficient (Wildman–Crippen LogP) is 1.60. The van der Waals surface area contributed by atoms with Crippen molar-refractivity contribution in [3.8, 4) is 0 Å². The number of halogens is 1. The first kappa shape index (κ1) is 9.67. The average Bonchev–Trinajstić information content (AvgIpc) is 2.03. The van der Waals surface area contributed by atoms with Gasteiger partial charge in [-0.05, 0) is 6.07 Å². The quantitative estimate of drug-likeness (QED) is 0.421. The second kappa shape index (κ2) is 4.00. The summed E-state index contributed by atoms with van der Waals surface area (Å²) in [6, 6.07) is 7.10. The number of nitrogens with zero attached hydrogens (tertiary/aromatic N) is 1. The van der Waals surface area contributed by atoms with Crippen molar-refractivity contribution in [1.82, 2.24) is 0 Å². The molecule has 0 unspecified atom stereocenters. The molecule has 0 aromatic heterocycles. The highest BCUT2D eigenvalue weighted by molar-refractivity contribution is 6.33. The summed E-state index contributed by atoms with van der Waals surface area (Å²) in [6.45, 7) is -0.739. The van der Waals surface area contributed by atoms with E-state index in [2.05, 4.69) is 6.07 Å². The molecule has 0 saturated heterocycles. The van der Waals surface area contributed by atoms with Crippen LogP contribution in [0.4, 0.5) is 0 Å². The third-order valence-electron chi connectivity index (χ3n) is 1.38. The van der Waals surface area contributed by atoms with Gasteiger partial charge in [-0.2, -0.15) is 0 Å². The van der Waals surface area contributed by atoms with E-state index in [1.807, 2.05) is 0 Å². The highest BCUT2D eigenvalue weighted by Crippen LogP contribution is 2.14. The maximum Gasteiger partial charge on any atom is 0.265 e. The summed E-state index contributed by atoms with van der Waals surface area (Å²) in [7, 11) is 0. The van der Waals surface area contributed by atoms with Gasteiger partial charge in [0.25, 0.3) is 6.54 Å². The van der Waals surface area contributed by atoms with E-state index in [9.17, 15) is 14.9 Å². The van der Waals surface area contributed by atoms with Gasteiger partial charge in [-0.3, -0.25) is 14.9 Å². The second-order valence-corrected chi connectivity index (χ2v) is 2.69. The number of nitro groups is 1. The molecule has 0 atom stereocenters. The first-order valence-electron chi connectivity index (χ1n) is 3.42. The van der Waals surface area contributed by atoms with Crippen LogP contribution in [0.2, 0.25) is 5.02 Å². The number of Topliss-reactive ketones (excluding diaryl/α,β-unsaturated/α-hetero) is 1. The molecule has 1 rings (SSSR count). The SMILES string of the molecule is O=C(C[N+](=O)[O-])c1ccc[c]c1Cl. The Bertz CT molecular complexity index is 351. The van der Waals surface area contributed by atoms with Crippen LogP contribution in [-0.2, 0) is 0 Å². The molecule has 13 heavy (non-hydrogen) atoms. The van der Waals surface area contributed by atoms with E-state index in [0.29, 0.717) is 0 Å². The summed E-state index contributed by atoms with van der Waals surface area (Å²) >= 11 is 5.60. The molecule has 0 amide bonds. The molecule has 0 N–H and O–H groups in total. The van der Waals surface area contributed by atoms with E-state index in [0.717, 1.165) is 0 Å². The molecule has 1 aromatic rings. The van der Waals surface area contributed by atoms with E-state index >= 15 is 0 Å². The summed E-state index contributed by atoms with van der Waals surface area (Å²) in [6.07, 6.45) is 0. The number of benzene rings is 1. The summed E-state index contributed by atoms with van der Waals surface area (Å²) in [4.78, 5) is 20.5. The van der Waals surface area contributed by atoms with Crippen LogP contribution in [0.15, 0.2) is 18.2 Å². The zero-order chi connectivity index (χ0) is 9.84. The molecular weight excluding hydrogens is 194 g/mol. The van der Waals surface area contributed by atoms with Gasteiger partial charge in [0.2, 0.25) is 5.78 Å². The van der Waals surface area contributed by atoms with Gasteiger partial charge in [-0.15, -0.1) is 0 Å². The van der Waals surface area contributed by atoms with Gasteiger partial charge in [0.15, 0.2) is 0 Å². The monoisotopic (exact) mass is 198 g/mol. The lowest BCUT2D eigenvalue weighted by molar-refractivity contribution is -0.465. The first-order chi connectivity index (χ1) is 6.11. The van der Waals surface area contributed by atoms with Gasteiger partial charge in [0.1, 0.15) is 0 Å². The molecule has 0 aliphatic carbocycles. The largest absolute Gasteiger partial charge is 0.287 e. The molecule has 0 spiro atoms. The predicted molar refractivity (Wildman–Crippen MR) is 46.5 cm³/mol. The Hall–Kier alpha value is -1.42. The Balaban J connectivity index is 2.89. The van der Waals surface area contributed by atoms with E-state index in [-0.39, 0.29) is 10.6 Å². The summed E-state index contributed by atoms with van der Waals surface area (Å²) in [5.74, 6) is -0.605.